The lowest BCUT2D eigenvalue weighted by Gasteiger charge is -2.24. The van der Waals surface area contributed by atoms with Crippen LogP contribution in [-0.2, 0) is 14.8 Å². The second kappa shape index (κ2) is 6.26. The number of sulfonamides is 1. The van der Waals surface area contributed by atoms with Gasteiger partial charge in [0.25, 0.3) is 0 Å². The minimum absolute atomic E-state index is 0.00493. The normalized spacial score (nSPS) is 12.7. The van der Waals surface area contributed by atoms with Gasteiger partial charge in [-0.15, -0.1) is 0 Å². The Hall–Kier alpha value is -0.890. The molecule has 0 spiro atoms. The highest BCUT2D eigenvalue weighted by molar-refractivity contribution is 7.89. The third-order valence-electron chi connectivity index (χ3n) is 2.54. The number of nitrogens with two attached hydrogens (primary N) is 1. The fourth-order valence-electron chi connectivity index (χ4n) is 1.57. The van der Waals surface area contributed by atoms with Crippen LogP contribution < -0.4 is 10.5 Å². The number of anilines is 1. The number of halogens is 2. The lowest BCUT2D eigenvalue weighted by molar-refractivity contribution is -0.00515. The lowest BCUT2D eigenvalue weighted by Crippen LogP contribution is -2.40. The molecule has 8 heteroatoms. The zero-order valence-corrected chi connectivity index (χ0v) is 13.1. The number of benzene rings is 1. The molecule has 3 N–H and O–H groups in total. The van der Waals surface area contributed by atoms with Crippen molar-refractivity contribution in [3.05, 3.63) is 23.0 Å². The van der Waals surface area contributed by atoms with Gasteiger partial charge in [0.15, 0.2) is 5.82 Å². The Morgan fingerprint density at radius 3 is 2.60 bits per heavy atom. The number of ether oxygens (including phenoxy) is 1. The smallest absolute Gasteiger partial charge is 0.243 e. The third kappa shape index (κ3) is 4.31. The van der Waals surface area contributed by atoms with Crippen LogP contribution in [-0.4, -0.2) is 27.2 Å². The molecule has 0 atom stereocenters. The number of rotatable bonds is 6. The van der Waals surface area contributed by atoms with Crippen LogP contribution in [0.2, 0.25) is 5.02 Å². The summed E-state index contributed by atoms with van der Waals surface area (Å²) in [6.07, 6.45) is 0. The van der Waals surface area contributed by atoms with Gasteiger partial charge < -0.3 is 10.5 Å². The minimum Gasteiger partial charge on any atom is -0.396 e. The molecule has 0 heterocycles. The molecule has 0 aliphatic heterocycles. The number of hydrogen-bond donors (Lipinski definition) is 2. The van der Waals surface area contributed by atoms with E-state index in [1.54, 1.807) is 20.8 Å². The van der Waals surface area contributed by atoms with Gasteiger partial charge in [0, 0.05) is 18.2 Å². The SMILES string of the molecule is CCOC(C)(C)CNS(=O)(=O)c1cc(Cl)cc(N)c1F. The Kier molecular flexibility index (Phi) is 5.37. The molecular weight excluding hydrogens is 307 g/mol. The van der Waals surface area contributed by atoms with Crippen LogP contribution in [0.1, 0.15) is 20.8 Å². The lowest BCUT2D eigenvalue weighted by atomic mass is 10.1. The largest absolute Gasteiger partial charge is 0.396 e. The zero-order valence-electron chi connectivity index (χ0n) is 11.5. The van der Waals surface area contributed by atoms with E-state index < -0.39 is 26.3 Å². The van der Waals surface area contributed by atoms with E-state index in [0.29, 0.717) is 6.61 Å². The first-order chi connectivity index (χ1) is 9.09. The van der Waals surface area contributed by atoms with Crippen LogP contribution in [0.25, 0.3) is 0 Å². The minimum atomic E-state index is -4.06. The van der Waals surface area contributed by atoms with Crippen LogP contribution in [0.4, 0.5) is 10.1 Å². The second-order valence-electron chi connectivity index (χ2n) is 4.82. The summed E-state index contributed by atoms with van der Waals surface area (Å²) in [6.45, 7) is 5.68. The molecular formula is C12H18ClFN2O3S. The number of nitrogens with one attached hydrogen (secondary N) is 1. The van der Waals surface area contributed by atoms with Gasteiger partial charge in [-0.2, -0.15) is 0 Å². The summed E-state index contributed by atoms with van der Waals surface area (Å²) in [6, 6.07) is 2.17. The van der Waals surface area contributed by atoms with E-state index in [1.165, 1.54) is 0 Å². The standard InChI is InChI=1S/C12H18ClFN2O3S/c1-4-19-12(2,3)7-16-20(17,18)10-6-8(13)5-9(15)11(10)14/h5-6,16H,4,7,15H2,1-3H3. The van der Waals surface area contributed by atoms with Crippen LogP contribution in [0.3, 0.4) is 0 Å². The van der Waals surface area contributed by atoms with E-state index in [2.05, 4.69) is 4.72 Å². The van der Waals surface area contributed by atoms with E-state index in [0.717, 1.165) is 12.1 Å². The highest BCUT2D eigenvalue weighted by atomic mass is 35.5. The first-order valence-electron chi connectivity index (χ1n) is 5.97. The van der Waals surface area contributed by atoms with Crippen LogP contribution >= 0.6 is 11.6 Å². The van der Waals surface area contributed by atoms with E-state index in [-0.39, 0.29) is 17.3 Å². The molecule has 1 aromatic carbocycles. The fraction of sp³-hybridized carbons (Fsp3) is 0.500. The Morgan fingerprint density at radius 2 is 2.05 bits per heavy atom. The molecule has 1 rings (SSSR count). The molecule has 114 valence electrons. The van der Waals surface area contributed by atoms with Crippen molar-refractivity contribution in [1.29, 1.82) is 0 Å². The third-order valence-corrected chi connectivity index (χ3v) is 4.16. The van der Waals surface area contributed by atoms with E-state index >= 15 is 0 Å². The Morgan fingerprint density at radius 1 is 1.45 bits per heavy atom. The van der Waals surface area contributed by atoms with Crippen molar-refractivity contribution >= 4 is 27.3 Å². The molecule has 0 unspecified atom stereocenters. The molecule has 0 fully saturated rings. The van der Waals surface area contributed by atoms with Gasteiger partial charge >= 0.3 is 0 Å². The van der Waals surface area contributed by atoms with Crippen molar-refractivity contribution in [1.82, 2.24) is 4.72 Å². The second-order valence-corrected chi connectivity index (χ2v) is 7.00. The molecule has 0 amide bonds. The average Bonchev–Trinajstić information content (AvgIpc) is 2.31. The summed E-state index contributed by atoms with van der Waals surface area (Å²) in [5.41, 5.74) is 4.35. The summed E-state index contributed by atoms with van der Waals surface area (Å²) in [5.74, 6) is -1.02. The van der Waals surface area contributed by atoms with Gasteiger partial charge in [-0.05, 0) is 32.9 Å². The summed E-state index contributed by atoms with van der Waals surface area (Å²) in [4.78, 5) is -0.574. The molecule has 0 saturated carbocycles. The van der Waals surface area contributed by atoms with Crippen LogP contribution in [0.15, 0.2) is 17.0 Å². The highest BCUT2D eigenvalue weighted by Gasteiger charge is 2.25. The topological polar surface area (TPSA) is 81.4 Å². The molecule has 0 aromatic heterocycles. The van der Waals surface area contributed by atoms with Gasteiger partial charge in [-0.3, -0.25) is 0 Å². The maximum absolute atomic E-state index is 13.8. The highest BCUT2D eigenvalue weighted by Crippen LogP contribution is 2.25. The van der Waals surface area contributed by atoms with Crippen LogP contribution in [0, 0.1) is 5.82 Å². The Bertz CT molecular complexity index is 591. The quantitative estimate of drug-likeness (QED) is 0.786. The molecule has 0 saturated heterocycles. The Labute approximate surface area is 123 Å². The van der Waals surface area contributed by atoms with E-state index in [4.69, 9.17) is 22.1 Å². The van der Waals surface area contributed by atoms with E-state index in [9.17, 15) is 12.8 Å². The molecule has 0 radical (unpaired) electrons. The fourth-order valence-corrected chi connectivity index (χ4v) is 3.19. The first kappa shape index (κ1) is 17.2. The monoisotopic (exact) mass is 324 g/mol. The van der Waals surface area contributed by atoms with Crippen LogP contribution in [0.5, 0.6) is 0 Å². The average molecular weight is 325 g/mol. The first-order valence-corrected chi connectivity index (χ1v) is 7.83. The predicted octanol–water partition coefficient (Wildman–Crippen LogP) is 2.15. The van der Waals surface area contributed by atoms with Crippen molar-refractivity contribution in [3.63, 3.8) is 0 Å². The van der Waals surface area contributed by atoms with Gasteiger partial charge in [0.05, 0.1) is 11.3 Å². The molecule has 0 aliphatic carbocycles. The van der Waals surface area contributed by atoms with Gasteiger partial charge in [-0.25, -0.2) is 17.5 Å². The number of nitrogen functional groups attached to an aromatic ring is 1. The molecule has 5 nitrogen and oxygen atoms in total. The Balaban J connectivity index is 3.01. The van der Waals surface area contributed by atoms with Crippen molar-refractivity contribution in [3.8, 4) is 0 Å². The molecule has 1 aromatic rings. The van der Waals surface area contributed by atoms with Crippen molar-refractivity contribution in [2.24, 2.45) is 0 Å². The van der Waals surface area contributed by atoms with Gasteiger partial charge in [0.1, 0.15) is 4.90 Å². The van der Waals surface area contributed by atoms with Gasteiger partial charge in [0.2, 0.25) is 10.0 Å². The van der Waals surface area contributed by atoms with Gasteiger partial charge in [-0.1, -0.05) is 11.6 Å². The van der Waals surface area contributed by atoms with Crippen molar-refractivity contribution < 1.29 is 17.5 Å². The summed E-state index contributed by atoms with van der Waals surface area (Å²) >= 11 is 5.70. The summed E-state index contributed by atoms with van der Waals surface area (Å²) in [5, 5.41) is 0.0494. The molecule has 0 aliphatic rings. The maximum atomic E-state index is 13.8. The number of hydrogen-bond acceptors (Lipinski definition) is 4. The summed E-state index contributed by atoms with van der Waals surface area (Å²) in [7, 11) is -4.06. The predicted molar refractivity (Wildman–Crippen MR) is 76.7 cm³/mol. The zero-order chi connectivity index (χ0) is 15.6. The van der Waals surface area contributed by atoms with Crippen molar-refractivity contribution in [2.45, 2.75) is 31.3 Å². The van der Waals surface area contributed by atoms with Crippen molar-refractivity contribution in [2.75, 3.05) is 18.9 Å². The maximum Gasteiger partial charge on any atom is 0.243 e. The van der Waals surface area contributed by atoms with E-state index in [1.807, 2.05) is 0 Å². The molecule has 20 heavy (non-hydrogen) atoms. The summed E-state index contributed by atoms with van der Waals surface area (Å²) < 4.78 is 45.6. The molecule has 0 bridgehead atoms.